The van der Waals surface area contributed by atoms with Crippen molar-refractivity contribution in [3.63, 3.8) is 0 Å². The van der Waals surface area contributed by atoms with Gasteiger partial charge in [0.15, 0.2) is 0 Å². The Kier molecular flexibility index (Phi) is 5.38. The maximum atomic E-state index is 12.0. The number of carbonyl (C=O) groups is 1. The van der Waals surface area contributed by atoms with Crippen LogP contribution in [0.4, 0.5) is 0 Å². The summed E-state index contributed by atoms with van der Waals surface area (Å²) >= 11 is 0. The van der Waals surface area contributed by atoms with Gasteiger partial charge in [-0.2, -0.15) is 0 Å². The lowest BCUT2D eigenvalue weighted by molar-refractivity contribution is -0.120. The smallest absolute Gasteiger partial charge is 0.224 e. The molecule has 0 aromatic heterocycles. The highest BCUT2D eigenvalue weighted by Crippen LogP contribution is 2.18. The molecule has 1 atom stereocenters. The van der Waals surface area contributed by atoms with Crippen LogP contribution in [0, 0.1) is 0 Å². The van der Waals surface area contributed by atoms with E-state index in [4.69, 9.17) is 4.74 Å². The molecule has 0 fully saturated rings. The number of amides is 1. The number of rotatable bonds is 6. The molecule has 2 aromatic rings. The third-order valence-electron chi connectivity index (χ3n) is 3.52. The predicted molar refractivity (Wildman–Crippen MR) is 84.6 cm³/mol. The number of ether oxygens (including phenoxy) is 1. The lowest BCUT2D eigenvalue weighted by atomic mass is 10.0. The van der Waals surface area contributed by atoms with Crippen molar-refractivity contribution in [2.45, 2.75) is 19.3 Å². The maximum absolute atomic E-state index is 12.0. The molecule has 0 aliphatic heterocycles. The van der Waals surface area contributed by atoms with Crippen LogP contribution in [-0.2, 0) is 11.2 Å². The van der Waals surface area contributed by atoms with E-state index in [0.29, 0.717) is 18.9 Å². The third-order valence-corrected chi connectivity index (χ3v) is 3.52. The van der Waals surface area contributed by atoms with E-state index in [1.165, 1.54) is 5.56 Å². The van der Waals surface area contributed by atoms with E-state index in [-0.39, 0.29) is 5.91 Å². The summed E-state index contributed by atoms with van der Waals surface area (Å²) in [6.07, 6.45) is 0.339. The van der Waals surface area contributed by atoms with Crippen LogP contribution in [0.15, 0.2) is 54.6 Å². The van der Waals surface area contributed by atoms with E-state index in [0.717, 1.165) is 11.3 Å². The zero-order valence-corrected chi connectivity index (χ0v) is 12.5. The highest BCUT2D eigenvalue weighted by Gasteiger charge is 2.10. The van der Waals surface area contributed by atoms with Crippen molar-refractivity contribution >= 4 is 5.91 Å². The number of nitrogens with one attached hydrogen (secondary N) is 1. The molecule has 0 aliphatic carbocycles. The van der Waals surface area contributed by atoms with Gasteiger partial charge in [-0.05, 0) is 17.5 Å². The van der Waals surface area contributed by atoms with Crippen LogP contribution < -0.4 is 10.1 Å². The van der Waals surface area contributed by atoms with E-state index in [2.05, 4.69) is 24.4 Å². The number of benzene rings is 2. The second kappa shape index (κ2) is 7.48. The molecular weight excluding hydrogens is 262 g/mol. The third kappa shape index (κ3) is 4.35. The molecular formula is C18H21NO2. The first kappa shape index (κ1) is 15.1. The van der Waals surface area contributed by atoms with E-state index in [1.807, 2.05) is 42.5 Å². The first-order chi connectivity index (χ1) is 10.2. The maximum Gasteiger partial charge on any atom is 0.224 e. The Balaban J connectivity index is 1.88. The summed E-state index contributed by atoms with van der Waals surface area (Å²) in [7, 11) is 1.62. The summed E-state index contributed by atoms with van der Waals surface area (Å²) in [6, 6.07) is 17.8. The summed E-state index contributed by atoms with van der Waals surface area (Å²) in [6.45, 7) is 2.75. The minimum atomic E-state index is 0.0160. The van der Waals surface area contributed by atoms with Gasteiger partial charge in [0.1, 0.15) is 5.75 Å². The van der Waals surface area contributed by atoms with Crippen molar-refractivity contribution in [1.29, 1.82) is 0 Å². The van der Waals surface area contributed by atoms with Gasteiger partial charge in [0.05, 0.1) is 13.5 Å². The number of hydrogen-bond donors (Lipinski definition) is 1. The van der Waals surface area contributed by atoms with E-state index < -0.39 is 0 Å². The fourth-order valence-corrected chi connectivity index (χ4v) is 2.25. The van der Waals surface area contributed by atoms with Gasteiger partial charge in [0.25, 0.3) is 0 Å². The number of methoxy groups -OCH3 is 1. The molecule has 110 valence electrons. The summed E-state index contributed by atoms with van der Waals surface area (Å²) in [5.74, 6) is 1.07. The summed E-state index contributed by atoms with van der Waals surface area (Å²) in [5, 5.41) is 2.99. The molecule has 2 aromatic carbocycles. The second-order valence-corrected chi connectivity index (χ2v) is 5.10. The van der Waals surface area contributed by atoms with Crippen molar-refractivity contribution in [2.75, 3.05) is 13.7 Å². The first-order valence-electron chi connectivity index (χ1n) is 7.14. The molecule has 0 aliphatic rings. The highest BCUT2D eigenvalue weighted by molar-refractivity contribution is 5.79. The molecule has 0 bridgehead atoms. The molecule has 21 heavy (non-hydrogen) atoms. The minimum absolute atomic E-state index is 0.0160. The van der Waals surface area contributed by atoms with Crippen molar-refractivity contribution in [3.05, 3.63) is 65.7 Å². The van der Waals surface area contributed by atoms with Gasteiger partial charge in [0, 0.05) is 12.1 Å². The van der Waals surface area contributed by atoms with Crippen LogP contribution in [-0.4, -0.2) is 19.6 Å². The van der Waals surface area contributed by atoms with Gasteiger partial charge in [-0.1, -0.05) is 55.5 Å². The molecule has 2 rings (SSSR count). The van der Waals surface area contributed by atoms with Crippen LogP contribution in [0.25, 0.3) is 0 Å². The van der Waals surface area contributed by atoms with Gasteiger partial charge in [-0.15, -0.1) is 0 Å². The molecule has 0 spiro atoms. The van der Waals surface area contributed by atoms with Gasteiger partial charge in [-0.25, -0.2) is 0 Å². The molecule has 1 amide bonds. The lowest BCUT2D eigenvalue weighted by Gasteiger charge is -2.13. The summed E-state index contributed by atoms with van der Waals surface area (Å²) in [5.41, 5.74) is 2.14. The Morgan fingerprint density at radius 3 is 2.48 bits per heavy atom. The van der Waals surface area contributed by atoms with E-state index >= 15 is 0 Å². The Bertz CT molecular complexity index is 581. The topological polar surface area (TPSA) is 38.3 Å². The van der Waals surface area contributed by atoms with E-state index in [1.54, 1.807) is 7.11 Å². The van der Waals surface area contributed by atoms with Crippen LogP contribution in [0.2, 0.25) is 0 Å². The summed E-state index contributed by atoms with van der Waals surface area (Å²) < 4.78 is 5.26. The minimum Gasteiger partial charge on any atom is -0.496 e. The lowest BCUT2D eigenvalue weighted by Crippen LogP contribution is -2.29. The fraction of sp³-hybridized carbons (Fsp3) is 0.278. The molecule has 0 saturated heterocycles. The van der Waals surface area contributed by atoms with Crippen molar-refractivity contribution < 1.29 is 9.53 Å². The van der Waals surface area contributed by atoms with Gasteiger partial charge >= 0.3 is 0 Å². The SMILES string of the molecule is COc1ccccc1CC(=O)NC[C@@H](C)c1ccccc1. The highest BCUT2D eigenvalue weighted by atomic mass is 16.5. The van der Waals surface area contributed by atoms with Crippen LogP contribution in [0.5, 0.6) is 5.75 Å². The Morgan fingerprint density at radius 2 is 1.76 bits per heavy atom. The fourth-order valence-electron chi connectivity index (χ4n) is 2.25. The monoisotopic (exact) mass is 283 g/mol. The van der Waals surface area contributed by atoms with Gasteiger partial charge in [0.2, 0.25) is 5.91 Å². The zero-order valence-electron chi connectivity index (χ0n) is 12.5. The molecule has 0 saturated carbocycles. The predicted octanol–water partition coefficient (Wildman–Crippen LogP) is 3.16. The molecule has 0 radical (unpaired) electrons. The molecule has 1 N–H and O–H groups in total. The molecule has 3 heteroatoms. The van der Waals surface area contributed by atoms with Crippen molar-refractivity contribution in [1.82, 2.24) is 5.32 Å². The average molecular weight is 283 g/mol. The van der Waals surface area contributed by atoms with Crippen LogP contribution in [0.3, 0.4) is 0 Å². The number of para-hydroxylation sites is 1. The Morgan fingerprint density at radius 1 is 1.10 bits per heavy atom. The van der Waals surface area contributed by atoms with Crippen LogP contribution >= 0.6 is 0 Å². The van der Waals surface area contributed by atoms with Gasteiger partial charge in [-0.3, -0.25) is 4.79 Å². The van der Waals surface area contributed by atoms with Crippen molar-refractivity contribution in [3.8, 4) is 5.75 Å². The normalized spacial score (nSPS) is 11.7. The first-order valence-corrected chi connectivity index (χ1v) is 7.14. The summed E-state index contributed by atoms with van der Waals surface area (Å²) in [4.78, 5) is 12.0. The van der Waals surface area contributed by atoms with E-state index in [9.17, 15) is 4.79 Å². The zero-order chi connectivity index (χ0) is 15.1. The Hall–Kier alpha value is -2.29. The Labute approximate surface area is 126 Å². The standard InChI is InChI=1S/C18H21NO2/c1-14(15-8-4-3-5-9-15)13-19-18(20)12-16-10-6-7-11-17(16)21-2/h3-11,14H,12-13H2,1-2H3,(H,19,20)/t14-/m1/s1. The van der Waals surface area contributed by atoms with Gasteiger partial charge < -0.3 is 10.1 Å². The largest absolute Gasteiger partial charge is 0.496 e. The molecule has 0 heterocycles. The number of carbonyl (C=O) groups excluding carboxylic acids is 1. The van der Waals surface area contributed by atoms with Crippen LogP contribution in [0.1, 0.15) is 24.0 Å². The quantitative estimate of drug-likeness (QED) is 0.884. The number of hydrogen-bond acceptors (Lipinski definition) is 2. The second-order valence-electron chi connectivity index (χ2n) is 5.10. The average Bonchev–Trinajstić information content (AvgIpc) is 2.54. The molecule has 3 nitrogen and oxygen atoms in total. The molecule has 0 unspecified atom stereocenters. The van der Waals surface area contributed by atoms with Crippen molar-refractivity contribution in [2.24, 2.45) is 0 Å².